The third kappa shape index (κ3) is 5.99. The van der Waals surface area contributed by atoms with E-state index in [1.54, 1.807) is 0 Å². The number of ether oxygens (including phenoxy) is 2. The van der Waals surface area contributed by atoms with Crippen LogP contribution in [0.25, 0.3) is 0 Å². The Morgan fingerprint density at radius 3 is 1.46 bits per heavy atom. The van der Waals surface area contributed by atoms with Gasteiger partial charge in [0, 0.05) is 11.1 Å². The van der Waals surface area contributed by atoms with Gasteiger partial charge in [0.2, 0.25) is 0 Å². The highest BCUT2D eigenvalue weighted by atomic mass is 16.5. The molecule has 0 aromatic rings. The molecule has 0 spiro atoms. The second kappa shape index (κ2) is 9.76. The first-order chi connectivity index (χ1) is 13.0. The summed E-state index contributed by atoms with van der Waals surface area (Å²) in [7, 11) is 0. The molecule has 154 valence electrons. The molecule has 0 aromatic carbocycles. The molecule has 1 fully saturated rings. The zero-order chi connectivity index (χ0) is 21.6. The van der Waals surface area contributed by atoms with Crippen LogP contribution < -0.4 is 0 Å². The minimum Gasteiger partial charge on any atom is -0.460 e. The average Bonchev–Trinajstić information content (AvgIpc) is 2.81. The molecule has 0 bridgehead atoms. The van der Waals surface area contributed by atoms with Crippen molar-refractivity contribution in [2.75, 3.05) is 26.3 Å². The minimum atomic E-state index is -1.43. The van der Waals surface area contributed by atoms with Gasteiger partial charge in [0.05, 0.1) is 13.1 Å². The van der Waals surface area contributed by atoms with E-state index >= 15 is 0 Å². The van der Waals surface area contributed by atoms with Crippen LogP contribution in [0.3, 0.4) is 0 Å². The van der Waals surface area contributed by atoms with Crippen LogP contribution in [-0.4, -0.2) is 88.3 Å². The summed E-state index contributed by atoms with van der Waals surface area (Å²) in [5.74, 6) is -3.94. The number of nitrogens with zero attached hydrogens (tertiary/aromatic N) is 2. The van der Waals surface area contributed by atoms with E-state index in [0.29, 0.717) is 9.80 Å². The molecule has 2 unspecified atom stereocenters. The van der Waals surface area contributed by atoms with Crippen molar-refractivity contribution in [3.8, 4) is 0 Å². The second-order valence-electron chi connectivity index (χ2n) is 6.18. The molecule has 2 N–H and O–H groups in total. The average molecular weight is 398 g/mol. The van der Waals surface area contributed by atoms with E-state index in [4.69, 9.17) is 9.47 Å². The normalized spacial score (nSPS) is 16.1. The van der Waals surface area contributed by atoms with Gasteiger partial charge >= 0.3 is 29.8 Å². The number of urea groups is 1. The van der Waals surface area contributed by atoms with Crippen LogP contribution in [0.5, 0.6) is 0 Å². The van der Waals surface area contributed by atoms with E-state index in [1.165, 1.54) is 13.8 Å². The van der Waals surface area contributed by atoms with Crippen molar-refractivity contribution in [2.45, 2.75) is 26.1 Å². The quantitative estimate of drug-likeness (QED) is 0.199. The zero-order valence-electron chi connectivity index (χ0n) is 15.5. The number of hydrogen-bond acceptors (Lipinski definition) is 9. The second-order valence-corrected chi connectivity index (χ2v) is 6.18. The number of rotatable bonds is 10. The van der Waals surface area contributed by atoms with Gasteiger partial charge in [-0.15, -0.1) is 0 Å². The smallest absolute Gasteiger partial charge is 0.334 e. The monoisotopic (exact) mass is 398 g/mol. The summed E-state index contributed by atoms with van der Waals surface area (Å²) >= 11 is 0. The predicted molar refractivity (Wildman–Crippen MR) is 92.4 cm³/mol. The summed E-state index contributed by atoms with van der Waals surface area (Å²) in [5, 5.41) is 19.7. The number of hydrogen-bond donors (Lipinski definition) is 2. The van der Waals surface area contributed by atoms with Crippen molar-refractivity contribution in [3.63, 3.8) is 0 Å². The third-order valence-corrected chi connectivity index (χ3v) is 3.43. The first-order valence-corrected chi connectivity index (χ1v) is 8.14. The molecule has 0 saturated carbocycles. The Kier molecular flexibility index (Phi) is 8.01. The molecular formula is C17H22N2O9. The Balaban J connectivity index is 2.62. The lowest BCUT2D eigenvalue weighted by atomic mass is 10.3. The van der Waals surface area contributed by atoms with Crippen molar-refractivity contribution in [1.29, 1.82) is 0 Å². The number of carbonyl (C=O) groups is 5. The van der Waals surface area contributed by atoms with Crippen LogP contribution in [0, 0.1) is 0 Å². The molecule has 1 rings (SSSR count). The third-order valence-electron chi connectivity index (χ3n) is 3.43. The number of β-amino-alcohol motifs (C(OH)–C–C–N with tert-alkyl or cyclic N) is 2. The van der Waals surface area contributed by atoms with E-state index < -0.39 is 68.3 Å². The maximum Gasteiger partial charge on any atom is 0.334 e. The zero-order valence-corrected chi connectivity index (χ0v) is 15.5. The first kappa shape index (κ1) is 23.0. The lowest BCUT2D eigenvalue weighted by Crippen LogP contribution is -2.42. The number of esters is 2. The van der Waals surface area contributed by atoms with Gasteiger partial charge in [-0.3, -0.25) is 19.4 Å². The molecule has 1 aliphatic heterocycles. The Labute approximate surface area is 160 Å². The number of carbonyl (C=O) groups excluding carboxylic acids is 5. The molecule has 1 aliphatic rings. The molecular weight excluding hydrogens is 376 g/mol. The van der Waals surface area contributed by atoms with E-state index in [-0.39, 0.29) is 11.1 Å². The summed E-state index contributed by atoms with van der Waals surface area (Å²) < 4.78 is 9.41. The van der Waals surface area contributed by atoms with Gasteiger partial charge in [-0.25, -0.2) is 14.4 Å². The number of amides is 4. The maximum absolute atomic E-state index is 12.2. The van der Waals surface area contributed by atoms with Gasteiger partial charge in [0.25, 0.3) is 0 Å². The van der Waals surface area contributed by atoms with E-state index in [2.05, 4.69) is 13.2 Å². The predicted octanol–water partition coefficient (Wildman–Crippen LogP) is -1.26. The highest BCUT2D eigenvalue weighted by Crippen LogP contribution is 2.14. The molecule has 4 amide bonds. The van der Waals surface area contributed by atoms with E-state index in [9.17, 15) is 34.2 Å². The van der Waals surface area contributed by atoms with Crippen LogP contribution in [0.15, 0.2) is 24.3 Å². The van der Waals surface area contributed by atoms with Crippen molar-refractivity contribution in [3.05, 3.63) is 24.3 Å². The van der Waals surface area contributed by atoms with Gasteiger partial charge in [0.1, 0.15) is 25.4 Å². The lowest BCUT2D eigenvalue weighted by Gasteiger charge is -2.20. The Morgan fingerprint density at radius 2 is 1.18 bits per heavy atom. The minimum absolute atomic E-state index is 0.100. The summed E-state index contributed by atoms with van der Waals surface area (Å²) in [6.45, 7) is 7.29. The van der Waals surface area contributed by atoms with Crippen LogP contribution in [0.4, 0.5) is 4.79 Å². The number of aliphatic hydroxyl groups is 2. The fraction of sp³-hybridized carbons (Fsp3) is 0.471. The van der Waals surface area contributed by atoms with Crippen LogP contribution in [0.1, 0.15) is 13.8 Å². The van der Waals surface area contributed by atoms with Gasteiger partial charge in [-0.05, 0) is 13.8 Å². The van der Waals surface area contributed by atoms with Crippen molar-refractivity contribution in [2.24, 2.45) is 0 Å². The largest absolute Gasteiger partial charge is 0.460 e. The molecule has 0 radical (unpaired) electrons. The summed E-state index contributed by atoms with van der Waals surface area (Å²) in [6, 6.07) is -1.06. The summed E-state index contributed by atoms with van der Waals surface area (Å²) in [5.41, 5.74) is 0.200. The molecule has 0 aliphatic carbocycles. The number of aliphatic hydroxyl groups excluding tert-OH is 2. The molecule has 2 atom stereocenters. The summed E-state index contributed by atoms with van der Waals surface area (Å²) in [6.07, 6.45) is -2.85. The summed E-state index contributed by atoms with van der Waals surface area (Å²) in [4.78, 5) is 59.6. The van der Waals surface area contributed by atoms with Gasteiger partial charge in [0.15, 0.2) is 0 Å². The van der Waals surface area contributed by atoms with Crippen LogP contribution in [-0.2, 0) is 28.7 Å². The fourth-order valence-electron chi connectivity index (χ4n) is 1.99. The SMILES string of the molecule is C=C(C)C(=O)OCC(O)CN1C(=O)C(=O)N(CC(O)COC(=O)C(=C)C)C1=O. The van der Waals surface area contributed by atoms with E-state index in [1.807, 2.05) is 0 Å². The van der Waals surface area contributed by atoms with Crippen molar-refractivity contribution < 1.29 is 43.7 Å². The van der Waals surface area contributed by atoms with Gasteiger partial charge in [-0.1, -0.05) is 13.2 Å². The van der Waals surface area contributed by atoms with Crippen LogP contribution in [0.2, 0.25) is 0 Å². The van der Waals surface area contributed by atoms with Crippen molar-refractivity contribution >= 4 is 29.8 Å². The highest BCUT2D eigenvalue weighted by molar-refractivity contribution is 6.44. The molecule has 28 heavy (non-hydrogen) atoms. The van der Waals surface area contributed by atoms with Crippen molar-refractivity contribution in [1.82, 2.24) is 9.80 Å². The fourth-order valence-corrected chi connectivity index (χ4v) is 1.99. The molecule has 1 saturated heterocycles. The molecule has 1 heterocycles. The lowest BCUT2D eigenvalue weighted by molar-refractivity contribution is -0.146. The van der Waals surface area contributed by atoms with Gasteiger partial charge < -0.3 is 19.7 Å². The Morgan fingerprint density at radius 1 is 0.857 bits per heavy atom. The Bertz CT molecular complexity index is 657. The van der Waals surface area contributed by atoms with Gasteiger partial charge in [-0.2, -0.15) is 0 Å². The molecule has 11 heteroatoms. The molecule has 11 nitrogen and oxygen atoms in total. The topological polar surface area (TPSA) is 151 Å². The maximum atomic E-state index is 12.2. The molecule has 0 aromatic heterocycles. The van der Waals surface area contributed by atoms with E-state index in [0.717, 1.165) is 0 Å². The highest BCUT2D eigenvalue weighted by Gasteiger charge is 2.45. The first-order valence-electron chi connectivity index (χ1n) is 8.14. The Hall–Kier alpha value is -3.05. The number of imide groups is 2. The standard InChI is InChI=1S/C17H22N2O9/c1-9(2)15(24)27-7-11(20)5-18-13(22)14(23)19(17(18)26)6-12(21)8-28-16(25)10(3)4/h11-12,20-21H,1,3,5-8H2,2,4H3. The van der Waals surface area contributed by atoms with Crippen LogP contribution >= 0.6 is 0 Å².